The van der Waals surface area contributed by atoms with Crippen molar-refractivity contribution in [1.82, 2.24) is 4.98 Å². The maximum absolute atomic E-state index is 12.8. The van der Waals surface area contributed by atoms with Gasteiger partial charge in [0.05, 0.1) is 6.61 Å². The van der Waals surface area contributed by atoms with Crippen molar-refractivity contribution in [3.05, 3.63) is 57.4 Å². The molecule has 1 fully saturated rings. The van der Waals surface area contributed by atoms with Gasteiger partial charge in [-0.05, 0) is 55.2 Å². The van der Waals surface area contributed by atoms with E-state index in [0.29, 0.717) is 47.2 Å². The van der Waals surface area contributed by atoms with Crippen LogP contribution in [-0.2, 0) is 11.2 Å². The van der Waals surface area contributed by atoms with Crippen LogP contribution in [0.4, 0.5) is 0 Å². The molecule has 28 heavy (non-hydrogen) atoms. The molecule has 0 amide bonds. The number of carbonyl (C=O) groups excluding carboxylic acids is 2. The van der Waals surface area contributed by atoms with Crippen LogP contribution >= 0.6 is 11.6 Å². The molecule has 2 aliphatic carbocycles. The van der Waals surface area contributed by atoms with E-state index in [0.717, 1.165) is 24.1 Å². The average Bonchev–Trinajstić information content (AvgIpc) is 3.04. The molecule has 1 aromatic heterocycles. The minimum absolute atomic E-state index is 0.0258. The van der Waals surface area contributed by atoms with Gasteiger partial charge in [0.1, 0.15) is 5.69 Å². The fourth-order valence-corrected chi connectivity index (χ4v) is 4.97. The molecule has 1 heterocycles. The van der Waals surface area contributed by atoms with Crippen molar-refractivity contribution in [1.29, 1.82) is 0 Å². The predicted octanol–water partition coefficient (Wildman–Crippen LogP) is 5.63. The molecule has 4 rings (SSSR count). The van der Waals surface area contributed by atoms with Crippen LogP contribution < -0.4 is 0 Å². The number of aromatic amines is 1. The number of hydrogen-bond acceptors (Lipinski definition) is 3. The summed E-state index contributed by atoms with van der Waals surface area (Å²) in [4.78, 5) is 28.7. The minimum Gasteiger partial charge on any atom is -0.461 e. The Morgan fingerprint density at radius 1 is 1.18 bits per heavy atom. The first kappa shape index (κ1) is 19.3. The second kappa shape index (κ2) is 8.12. The summed E-state index contributed by atoms with van der Waals surface area (Å²) >= 11 is 6.34. The van der Waals surface area contributed by atoms with E-state index in [4.69, 9.17) is 16.3 Å². The molecule has 4 nitrogen and oxygen atoms in total. The monoisotopic (exact) mass is 399 g/mol. The number of Topliss-reactive ketones (excluding diaryl/α,β-unsaturated/α-hetero) is 1. The van der Waals surface area contributed by atoms with Gasteiger partial charge in [-0.25, -0.2) is 4.79 Å². The van der Waals surface area contributed by atoms with Crippen LogP contribution in [0.5, 0.6) is 0 Å². The van der Waals surface area contributed by atoms with E-state index in [-0.39, 0.29) is 17.7 Å². The van der Waals surface area contributed by atoms with Gasteiger partial charge in [-0.1, -0.05) is 49.1 Å². The molecule has 148 valence electrons. The minimum atomic E-state index is -0.348. The SMILES string of the molecule is Cc1c(C(=O)OCC2CCCCC2)[nH]c2c1C(=O)CC(c1ccccc1Cl)C2. The first-order valence-corrected chi connectivity index (χ1v) is 10.6. The predicted molar refractivity (Wildman–Crippen MR) is 109 cm³/mol. The van der Waals surface area contributed by atoms with E-state index in [1.807, 2.05) is 31.2 Å². The quantitative estimate of drug-likeness (QED) is 0.678. The number of rotatable bonds is 4. The molecule has 1 N–H and O–H groups in total. The molecule has 1 atom stereocenters. The fourth-order valence-electron chi connectivity index (χ4n) is 4.68. The Hall–Kier alpha value is -2.07. The molecule has 2 aliphatic rings. The van der Waals surface area contributed by atoms with Crippen LogP contribution in [0, 0.1) is 12.8 Å². The normalized spacial score (nSPS) is 20.1. The highest BCUT2D eigenvalue weighted by Gasteiger charge is 2.33. The van der Waals surface area contributed by atoms with Crippen molar-refractivity contribution in [3.8, 4) is 0 Å². The first-order chi connectivity index (χ1) is 13.5. The number of halogens is 1. The summed E-state index contributed by atoms with van der Waals surface area (Å²) < 4.78 is 5.59. The maximum atomic E-state index is 12.8. The molecule has 1 aromatic carbocycles. The van der Waals surface area contributed by atoms with Gasteiger partial charge in [0.25, 0.3) is 0 Å². The van der Waals surface area contributed by atoms with Crippen LogP contribution in [0.2, 0.25) is 5.02 Å². The van der Waals surface area contributed by atoms with Gasteiger partial charge in [0, 0.05) is 22.7 Å². The van der Waals surface area contributed by atoms with Crippen molar-refractivity contribution in [2.75, 3.05) is 6.61 Å². The molecule has 0 bridgehead atoms. The van der Waals surface area contributed by atoms with Crippen LogP contribution in [0.15, 0.2) is 24.3 Å². The third-order valence-electron chi connectivity index (χ3n) is 6.21. The zero-order valence-electron chi connectivity index (χ0n) is 16.2. The van der Waals surface area contributed by atoms with Crippen LogP contribution in [0.3, 0.4) is 0 Å². The zero-order valence-corrected chi connectivity index (χ0v) is 17.0. The second-order valence-electron chi connectivity index (χ2n) is 8.13. The van der Waals surface area contributed by atoms with E-state index in [1.165, 1.54) is 19.3 Å². The van der Waals surface area contributed by atoms with Crippen molar-refractivity contribution in [2.24, 2.45) is 5.92 Å². The number of carbonyl (C=O) groups is 2. The van der Waals surface area contributed by atoms with Gasteiger partial charge in [-0.15, -0.1) is 0 Å². The highest BCUT2D eigenvalue weighted by Crippen LogP contribution is 2.37. The van der Waals surface area contributed by atoms with Crippen molar-refractivity contribution in [3.63, 3.8) is 0 Å². The molecule has 2 aromatic rings. The van der Waals surface area contributed by atoms with Crippen LogP contribution in [0.25, 0.3) is 0 Å². The topological polar surface area (TPSA) is 59.2 Å². The lowest BCUT2D eigenvalue weighted by Crippen LogP contribution is -2.19. The van der Waals surface area contributed by atoms with E-state index < -0.39 is 0 Å². The van der Waals surface area contributed by atoms with Crippen LogP contribution in [0.1, 0.15) is 82.1 Å². The van der Waals surface area contributed by atoms with Gasteiger partial charge in [-0.2, -0.15) is 0 Å². The summed E-state index contributed by atoms with van der Waals surface area (Å²) in [6.07, 6.45) is 7.05. The zero-order chi connectivity index (χ0) is 19.7. The molecule has 1 unspecified atom stereocenters. The molecule has 0 aliphatic heterocycles. The lowest BCUT2D eigenvalue weighted by atomic mass is 9.81. The first-order valence-electron chi connectivity index (χ1n) is 10.2. The molecule has 0 radical (unpaired) electrons. The maximum Gasteiger partial charge on any atom is 0.355 e. The van der Waals surface area contributed by atoms with E-state index in [9.17, 15) is 9.59 Å². The molecule has 0 saturated heterocycles. The molecule has 1 saturated carbocycles. The molecule has 5 heteroatoms. The van der Waals surface area contributed by atoms with E-state index >= 15 is 0 Å². The van der Waals surface area contributed by atoms with Crippen molar-refractivity contribution >= 4 is 23.4 Å². The van der Waals surface area contributed by atoms with Gasteiger partial charge in [-0.3, -0.25) is 4.79 Å². The summed E-state index contributed by atoms with van der Waals surface area (Å²) in [7, 11) is 0. The highest BCUT2D eigenvalue weighted by atomic mass is 35.5. The standard InChI is InChI=1S/C23H26ClNO3/c1-14-21-19(11-16(12-20(21)26)17-9-5-6-10-18(17)24)25-22(14)23(27)28-13-15-7-3-2-4-8-15/h5-6,9-10,15-16,25H,2-4,7-8,11-13H2,1H3. The number of H-pyrrole nitrogens is 1. The number of hydrogen-bond donors (Lipinski definition) is 1. The van der Waals surface area contributed by atoms with Gasteiger partial charge in [0.15, 0.2) is 5.78 Å². The van der Waals surface area contributed by atoms with Crippen molar-refractivity contribution in [2.45, 2.75) is 57.8 Å². The molecular weight excluding hydrogens is 374 g/mol. The fraction of sp³-hybridized carbons (Fsp3) is 0.478. The summed E-state index contributed by atoms with van der Waals surface area (Å²) in [5, 5.41) is 0.680. The third kappa shape index (κ3) is 3.75. The summed E-state index contributed by atoms with van der Waals surface area (Å²) in [5.74, 6) is 0.206. The number of ether oxygens (including phenoxy) is 1. The Kier molecular flexibility index (Phi) is 5.58. The summed E-state index contributed by atoms with van der Waals surface area (Å²) in [6.45, 7) is 2.30. The van der Waals surface area contributed by atoms with Gasteiger partial charge >= 0.3 is 5.97 Å². The average molecular weight is 400 g/mol. The number of ketones is 1. The Morgan fingerprint density at radius 2 is 1.93 bits per heavy atom. The number of aromatic nitrogens is 1. The second-order valence-corrected chi connectivity index (χ2v) is 8.54. The Labute approximate surface area is 170 Å². The summed E-state index contributed by atoms with van der Waals surface area (Å²) in [6, 6.07) is 7.65. The van der Waals surface area contributed by atoms with E-state index in [1.54, 1.807) is 0 Å². The smallest absolute Gasteiger partial charge is 0.355 e. The van der Waals surface area contributed by atoms with E-state index in [2.05, 4.69) is 4.98 Å². The highest BCUT2D eigenvalue weighted by molar-refractivity contribution is 6.31. The Balaban J connectivity index is 1.52. The largest absolute Gasteiger partial charge is 0.461 e. The van der Waals surface area contributed by atoms with Gasteiger partial charge < -0.3 is 9.72 Å². The molecule has 0 spiro atoms. The lowest BCUT2D eigenvalue weighted by molar-refractivity contribution is 0.0403. The number of esters is 1. The Morgan fingerprint density at radius 3 is 2.68 bits per heavy atom. The summed E-state index contributed by atoms with van der Waals surface area (Å²) in [5.41, 5.74) is 3.60. The Bertz CT molecular complexity index is 895. The number of benzene rings is 1. The van der Waals surface area contributed by atoms with Gasteiger partial charge in [0.2, 0.25) is 0 Å². The number of nitrogens with one attached hydrogen (secondary N) is 1. The lowest BCUT2D eigenvalue weighted by Gasteiger charge is -2.22. The third-order valence-corrected chi connectivity index (χ3v) is 6.56. The molecular formula is C23H26ClNO3. The van der Waals surface area contributed by atoms with Crippen LogP contribution in [-0.4, -0.2) is 23.3 Å². The number of fused-ring (bicyclic) bond motifs is 1. The van der Waals surface area contributed by atoms with Crippen molar-refractivity contribution < 1.29 is 14.3 Å².